The van der Waals surface area contributed by atoms with Gasteiger partial charge in [0.2, 0.25) is 0 Å². The first-order chi connectivity index (χ1) is 11.1. The molecule has 1 aromatic rings. The zero-order valence-electron chi connectivity index (χ0n) is 14.4. The van der Waals surface area contributed by atoms with Gasteiger partial charge in [0.15, 0.2) is 5.11 Å². The summed E-state index contributed by atoms with van der Waals surface area (Å²) in [6.07, 6.45) is 6.79. The Morgan fingerprint density at radius 2 is 2.26 bits per heavy atom. The van der Waals surface area contributed by atoms with E-state index < -0.39 is 0 Å². The minimum atomic E-state index is 0.631. The normalized spacial score (nSPS) is 26.0. The van der Waals surface area contributed by atoms with E-state index in [-0.39, 0.29) is 0 Å². The molecule has 128 valence electrons. The molecular formula is C18H30N3S2+. The molecule has 1 aromatic heterocycles. The van der Waals surface area contributed by atoms with Gasteiger partial charge in [-0.05, 0) is 54.8 Å². The van der Waals surface area contributed by atoms with E-state index in [4.69, 9.17) is 12.2 Å². The number of nitrogens with one attached hydrogen (secondary N) is 2. The minimum Gasteiger partial charge on any atom is -0.360 e. The smallest absolute Gasteiger partial charge is 0.169 e. The average molecular weight is 353 g/mol. The molecule has 23 heavy (non-hydrogen) atoms. The first-order valence-electron chi connectivity index (χ1n) is 8.98. The minimum absolute atomic E-state index is 0.631. The summed E-state index contributed by atoms with van der Waals surface area (Å²) in [5, 5.41) is 6.85. The number of hydrogen-bond acceptors (Lipinski definition) is 2. The summed E-state index contributed by atoms with van der Waals surface area (Å²) < 4.78 is 0. The third kappa shape index (κ3) is 4.68. The standard InChI is InChI=1S/C18H29N3S2/c1-20(2)8-4-9-21(13-16-5-3-10-23-16)18(22)19-17-12-14-6-7-15(17)11-14/h3,5,10,14-15,17H,4,6-9,11-13H2,1-2H3,(H,19,22)/p+1/t14-,15+,17-/m0/s1. The van der Waals surface area contributed by atoms with Gasteiger partial charge in [-0.15, -0.1) is 11.3 Å². The monoisotopic (exact) mass is 352 g/mol. The number of quaternary nitrogens is 1. The molecule has 0 aromatic carbocycles. The molecule has 2 aliphatic rings. The number of fused-ring (bicyclic) bond motifs is 2. The molecule has 5 heteroatoms. The Morgan fingerprint density at radius 1 is 1.39 bits per heavy atom. The van der Waals surface area contributed by atoms with Crippen LogP contribution in [0.1, 0.15) is 37.0 Å². The predicted octanol–water partition coefficient (Wildman–Crippen LogP) is 2.15. The molecule has 1 heterocycles. The maximum atomic E-state index is 5.79. The SMILES string of the molecule is C[NH+](C)CCCN(Cc1cccs1)C(=S)N[C@H]1C[C@H]2CC[C@@H]1C2. The molecule has 3 rings (SSSR count). The highest BCUT2D eigenvalue weighted by molar-refractivity contribution is 7.80. The van der Waals surface area contributed by atoms with Crippen LogP contribution in [0.2, 0.25) is 0 Å². The Bertz CT molecular complexity index is 500. The number of hydrogen-bond donors (Lipinski definition) is 2. The van der Waals surface area contributed by atoms with Crippen molar-refractivity contribution < 1.29 is 4.90 Å². The highest BCUT2D eigenvalue weighted by atomic mass is 32.1. The largest absolute Gasteiger partial charge is 0.360 e. The second-order valence-electron chi connectivity index (χ2n) is 7.54. The molecule has 3 atom stereocenters. The molecule has 2 bridgehead atoms. The van der Waals surface area contributed by atoms with Crippen LogP contribution in [0.4, 0.5) is 0 Å². The third-order valence-corrected chi connectivity index (χ3v) is 6.60. The molecule has 0 aliphatic heterocycles. The fourth-order valence-electron chi connectivity index (χ4n) is 4.14. The number of thiophene rings is 1. The molecular weight excluding hydrogens is 322 g/mol. The molecule has 2 saturated carbocycles. The fourth-order valence-corrected chi connectivity index (χ4v) is 5.16. The van der Waals surface area contributed by atoms with E-state index in [1.165, 1.54) is 48.4 Å². The van der Waals surface area contributed by atoms with Crippen molar-refractivity contribution in [2.45, 2.75) is 44.7 Å². The van der Waals surface area contributed by atoms with Crippen LogP contribution < -0.4 is 10.2 Å². The van der Waals surface area contributed by atoms with Crippen LogP contribution in [0.25, 0.3) is 0 Å². The molecule has 2 fully saturated rings. The van der Waals surface area contributed by atoms with Gasteiger partial charge in [0.25, 0.3) is 0 Å². The van der Waals surface area contributed by atoms with Crippen LogP contribution >= 0.6 is 23.6 Å². The molecule has 2 N–H and O–H groups in total. The Hall–Kier alpha value is -0.650. The van der Waals surface area contributed by atoms with Crippen molar-refractivity contribution in [3.63, 3.8) is 0 Å². The Kier molecular flexibility index (Phi) is 5.94. The van der Waals surface area contributed by atoms with Gasteiger partial charge in [0.1, 0.15) is 0 Å². The topological polar surface area (TPSA) is 19.7 Å². The lowest BCUT2D eigenvalue weighted by atomic mass is 9.95. The fraction of sp³-hybridized carbons (Fsp3) is 0.722. The zero-order chi connectivity index (χ0) is 16.2. The third-order valence-electron chi connectivity index (χ3n) is 5.37. The highest BCUT2D eigenvalue weighted by Crippen LogP contribution is 2.44. The second-order valence-corrected chi connectivity index (χ2v) is 8.96. The van der Waals surface area contributed by atoms with Crippen LogP contribution in [0.3, 0.4) is 0 Å². The van der Waals surface area contributed by atoms with Crippen molar-refractivity contribution in [3.8, 4) is 0 Å². The summed E-state index contributed by atoms with van der Waals surface area (Å²) >= 11 is 7.62. The number of nitrogens with zero attached hydrogens (tertiary/aromatic N) is 1. The predicted molar refractivity (Wildman–Crippen MR) is 102 cm³/mol. The summed E-state index contributed by atoms with van der Waals surface area (Å²) in [5.74, 6) is 1.83. The van der Waals surface area contributed by atoms with Crippen molar-refractivity contribution in [2.24, 2.45) is 11.8 Å². The molecule has 0 radical (unpaired) electrons. The summed E-state index contributed by atoms with van der Waals surface area (Å²) in [5.41, 5.74) is 0. The van der Waals surface area contributed by atoms with Gasteiger partial charge in [-0.2, -0.15) is 0 Å². The lowest BCUT2D eigenvalue weighted by Crippen LogP contribution is -3.05. The Morgan fingerprint density at radius 3 is 2.87 bits per heavy atom. The molecule has 0 amide bonds. The van der Waals surface area contributed by atoms with Crippen LogP contribution in [0.15, 0.2) is 17.5 Å². The lowest BCUT2D eigenvalue weighted by Gasteiger charge is -2.31. The second kappa shape index (κ2) is 7.95. The highest BCUT2D eigenvalue weighted by Gasteiger charge is 2.40. The maximum absolute atomic E-state index is 5.79. The van der Waals surface area contributed by atoms with Gasteiger partial charge < -0.3 is 15.1 Å². The quantitative estimate of drug-likeness (QED) is 0.734. The van der Waals surface area contributed by atoms with Crippen molar-refractivity contribution in [1.29, 1.82) is 0 Å². The van der Waals surface area contributed by atoms with Crippen molar-refractivity contribution >= 4 is 28.7 Å². The van der Waals surface area contributed by atoms with Gasteiger partial charge in [-0.1, -0.05) is 12.5 Å². The van der Waals surface area contributed by atoms with Gasteiger partial charge in [-0.3, -0.25) is 0 Å². The van der Waals surface area contributed by atoms with Crippen LogP contribution in [-0.2, 0) is 6.54 Å². The molecule has 0 saturated heterocycles. The van der Waals surface area contributed by atoms with Crippen LogP contribution in [0, 0.1) is 11.8 Å². The van der Waals surface area contributed by atoms with E-state index in [0.717, 1.165) is 30.0 Å². The average Bonchev–Trinajstić information content (AvgIpc) is 3.23. The van der Waals surface area contributed by atoms with Gasteiger partial charge in [-0.25, -0.2) is 0 Å². The zero-order valence-corrected chi connectivity index (χ0v) is 16.0. The molecule has 0 unspecified atom stereocenters. The van der Waals surface area contributed by atoms with Crippen molar-refractivity contribution in [1.82, 2.24) is 10.2 Å². The van der Waals surface area contributed by atoms with E-state index >= 15 is 0 Å². The maximum Gasteiger partial charge on any atom is 0.169 e. The number of thiocarbonyl (C=S) groups is 1. The summed E-state index contributed by atoms with van der Waals surface area (Å²) in [4.78, 5) is 5.29. The number of rotatable bonds is 7. The molecule has 3 nitrogen and oxygen atoms in total. The van der Waals surface area contributed by atoms with E-state index in [2.05, 4.69) is 41.8 Å². The summed E-state index contributed by atoms with van der Waals surface area (Å²) in [7, 11) is 4.44. The van der Waals surface area contributed by atoms with E-state index in [0.29, 0.717) is 6.04 Å². The van der Waals surface area contributed by atoms with Crippen LogP contribution in [-0.4, -0.2) is 43.2 Å². The van der Waals surface area contributed by atoms with Crippen LogP contribution in [0.5, 0.6) is 0 Å². The van der Waals surface area contributed by atoms with Crippen molar-refractivity contribution in [2.75, 3.05) is 27.2 Å². The van der Waals surface area contributed by atoms with E-state index in [1.54, 1.807) is 0 Å². The molecule has 0 spiro atoms. The summed E-state index contributed by atoms with van der Waals surface area (Å²) in [6, 6.07) is 4.98. The van der Waals surface area contributed by atoms with Crippen molar-refractivity contribution in [3.05, 3.63) is 22.4 Å². The van der Waals surface area contributed by atoms with Gasteiger partial charge in [0, 0.05) is 23.9 Å². The Labute approximate surface area is 150 Å². The molecule has 2 aliphatic carbocycles. The lowest BCUT2D eigenvalue weighted by molar-refractivity contribution is -0.858. The van der Waals surface area contributed by atoms with Gasteiger partial charge in [0.05, 0.1) is 27.2 Å². The first-order valence-corrected chi connectivity index (χ1v) is 10.3. The van der Waals surface area contributed by atoms with E-state index in [9.17, 15) is 0 Å². The van der Waals surface area contributed by atoms with E-state index in [1.807, 2.05) is 11.3 Å². The first kappa shape index (κ1) is 17.2. The summed E-state index contributed by atoms with van der Waals surface area (Å²) in [6.45, 7) is 3.19. The Balaban J connectivity index is 1.55. The van der Waals surface area contributed by atoms with Gasteiger partial charge >= 0.3 is 0 Å².